The Bertz CT molecular complexity index is 548. The van der Waals surface area contributed by atoms with Crippen LogP contribution in [-0.2, 0) is 10.2 Å². The maximum absolute atomic E-state index is 9.18. The molecule has 4 nitrogen and oxygen atoms in total. The highest BCUT2D eigenvalue weighted by Gasteiger charge is 2.44. The van der Waals surface area contributed by atoms with Crippen molar-refractivity contribution in [2.75, 3.05) is 13.2 Å². The molecule has 1 aliphatic rings. The van der Waals surface area contributed by atoms with Gasteiger partial charge < -0.3 is 9.14 Å². The summed E-state index contributed by atoms with van der Waals surface area (Å²) in [5.41, 5.74) is 0.461. The molecule has 0 amide bonds. The number of hydrogen-bond donors (Lipinski definition) is 0. The van der Waals surface area contributed by atoms with Gasteiger partial charge in [0, 0.05) is 6.20 Å². The van der Waals surface area contributed by atoms with Crippen LogP contribution in [0.25, 0.3) is 5.52 Å². The van der Waals surface area contributed by atoms with E-state index in [2.05, 4.69) is 11.1 Å². The van der Waals surface area contributed by atoms with Crippen molar-refractivity contribution in [1.29, 1.82) is 5.26 Å². The molecule has 4 heteroatoms. The van der Waals surface area contributed by atoms with Crippen LogP contribution in [0.15, 0.2) is 30.6 Å². The van der Waals surface area contributed by atoms with Crippen molar-refractivity contribution in [1.82, 2.24) is 9.38 Å². The number of hydrogen-bond acceptors (Lipinski definition) is 3. The number of nitriles is 1. The third-order valence-electron chi connectivity index (χ3n) is 2.78. The first-order chi connectivity index (χ1) is 7.36. The molecule has 1 saturated heterocycles. The molecule has 0 spiro atoms. The quantitative estimate of drug-likeness (QED) is 0.691. The number of fused-ring (bicyclic) bond motifs is 1. The van der Waals surface area contributed by atoms with Gasteiger partial charge in [-0.15, -0.1) is 0 Å². The first kappa shape index (κ1) is 8.45. The summed E-state index contributed by atoms with van der Waals surface area (Å²) in [6, 6.07) is 8.16. The number of ether oxygens (including phenoxy) is 1. The number of pyridine rings is 1. The van der Waals surface area contributed by atoms with Crippen LogP contribution in [0.5, 0.6) is 0 Å². The van der Waals surface area contributed by atoms with Crippen molar-refractivity contribution >= 4 is 5.52 Å². The van der Waals surface area contributed by atoms with Crippen molar-refractivity contribution in [2.45, 2.75) is 5.41 Å². The highest BCUT2D eigenvalue weighted by Crippen LogP contribution is 2.30. The van der Waals surface area contributed by atoms with Gasteiger partial charge in [0.05, 0.1) is 31.0 Å². The van der Waals surface area contributed by atoms with Crippen LogP contribution < -0.4 is 0 Å². The first-order valence-electron chi connectivity index (χ1n) is 4.77. The van der Waals surface area contributed by atoms with E-state index < -0.39 is 5.41 Å². The molecule has 0 aliphatic carbocycles. The van der Waals surface area contributed by atoms with Gasteiger partial charge in [0.2, 0.25) is 0 Å². The average Bonchev–Trinajstić information content (AvgIpc) is 2.62. The molecule has 2 aromatic heterocycles. The second-order valence-electron chi connectivity index (χ2n) is 3.76. The topological polar surface area (TPSA) is 50.3 Å². The van der Waals surface area contributed by atoms with Crippen LogP contribution in [0.1, 0.15) is 5.82 Å². The zero-order valence-corrected chi connectivity index (χ0v) is 8.05. The van der Waals surface area contributed by atoms with Crippen molar-refractivity contribution in [3.05, 3.63) is 36.4 Å². The van der Waals surface area contributed by atoms with Crippen molar-refractivity contribution in [2.24, 2.45) is 0 Å². The summed E-state index contributed by atoms with van der Waals surface area (Å²) in [5, 5.41) is 9.18. The fourth-order valence-electron chi connectivity index (χ4n) is 1.85. The van der Waals surface area contributed by atoms with Gasteiger partial charge in [0.15, 0.2) is 5.41 Å². The molecule has 15 heavy (non-hydrogen) atoms. The van der Waals surface area contributed by atoms with E-state index in [1.54, 1.807) is 6.20 Å². The highest BCUT2D eigenvalue weighted by molar-refractivity contribution is 5.48. The van der Waals surface area contributed by atoms with E-state index in [9.17, 15) is 5.26 Å². The normalized spacial score (nSPS) is 18.3. The predicted octanol–water partition coefficient (Wildman–Crippen LogP) is 1.13. The molecule has 1 fully saturated rings. The largest absolute Gasteiger partial charge is 0.377 e. The molecule has 3 heterocycles. The average molecular weight is 199 g/mol. The lowest BCUT2D eigenvalue weighted by molar-refractivity contribution is -0.0341. The molecule has 0 N–H and O–H groups in total. The van der Waals surface area contributed by atoms with Gasteiger partial charge in [-0.25, -0.2) is 4.98 Å². The molecule has 3 rings (SSSR count). The Balaban J connectivity index is 2.24. The molecule has 0 radical (unpaired) electrons. The minimum atomic E-state index is -0.548. The van der Waals surface area contributed by atoms with E-state index in [-0.39, 0.29) is 0 Å². The Kier molecular flexibility index (Phi) is 1.58. The van der Waals surface area contributed by atoms with Gasteiger partial charge >= 0.3 is 0 Å². The van der Waals surface area contributed by atoms with Crippen molar-refractivity contribution in [3.63, 3.8) is 0 Å². The minimum Gasteiger partial charge on any atom is -0.377 e. The molecule has 2 aromatic rings. The Hall–Kier alpha value is -1.86. The van der Waals surface area contributed by atoms with E-state index in [0.717, 1.165) is 11.3 Å². The number of aromatic nitrogens is 2. The third kappa shape index (κ3) is 1.01. The minimum absolute atomic E-state index is 0.442. The number of nitrogens with zero attached hydrogens (tertiary/aromatic N) is 3. The zero-order valence-electron chi connectivity index (χ0n) is 8.05. The molecule has 0 bridgehead atoms. The second-order valence-corrected chi connectivity index (χ2v) is 3.76. The van der Waals surface area contributed by atoms with E-state index in [1.807, 2.05) is 28.8 Å². The van der Waals surface area contributed by atoms with Crippen LogP contribution in [0, 0.1) is 11.3 Å². The summed E-state index contributed by atoms with van der Waals surface area (Å²) in [5.74, 6) is 0.784. The predicted molar refractivity (Wildman–Crippen MR) is 53.3 cm³/mol. The third-order valence-corrected chi connectivity index (χ3v) is 2.78. The first-order valence-corrected chi connectivity index (χ1v) is 4.77. The summed E-state index contributed by atoms with van der Waals surface area (Å²) in [6.07, 6.45) is 3.71. The van der Waals surface area contributed by atoms with E-state index in [1.165, 1.54) is 0 Å². The monoisotopic (exact) mass is 199 g/mol. The van der Waals surface area contributed by atoms with Crippen molar-refractivity contribution in [3.8, 4) is 6.07 Å². The maximum atomic E-state index is 9.18. The Morgan fingerprint density at radius 2 is 2.33 bits per heavy atom. The lowest BCUT2D eigenvalue weighted by Crippen LogP contribution is -2.46. The van der Waals surface area contributed by atoms with Crippen LogP contribution in [0.2, 0.25) is 0 Å². The lowest BCUT2D eigenvalue weighted by Gasteiger charge is -2.33. The van der Waals surface area contributed by atoms with Gasteiger partial charge in [-0.3, -0.25) is 0 Å². The molecule has 74 valence electrons. The fraction of sp³-hybridized carbons (Fsp3) is 0.273. The number of rotatable bonds is 1. The van der Waals surface area contributed by atoms with Gasteiger partial charge in [0.1, 0.15) is 5.82 Å². The van der Waals surface area contributed by atoms with Crippen LogP contribution in [-0.4, -0.2) is 22.6 Å². The Morgan fingerprint density at radius 1 is 1.47 bits per heavy atom. The molecular weight excluding hydrogens is 190 g/mol. The molecule has 0 atom stereocenters. The van der Waals surface area contributed by atoms with E-state index in [4.69, 9.17) is 4.74 Å². The van der Waals surface area contributed by atoms with Crippen LogP contribution >= 0.6 is 0 Å². The lowest BCUT2D eigenvalue weighted by atomic mass is 9.87. The number of imidazole rings is 1. The maximum Gasteiger partial charge on any atom is 0.162 e. The van der Waals surface area contributed by atoms with Gasteiger partial charge in [0.25, 0.3) is 0 Å². The molecule has 0 unspecified atom stereocenters. The standard InChI is InChI=1S/C11H9N3O/c12-6-11(7-15-8-11)10-13-5-9-3-1-2-4-14(9)10/h1-5H,7-8H2. The smallest absolute Gasteiger partial charge is 0.162 e. The summed E-state index contributed by atoms with van der Waals surface area (Å²) in [7, 11) is 0. The van der Waals surface area contributed by atoms with Gasteiger partial charge in [-0.2, -0.15) is 5.26 Å². The molecular formula is C11H9N3O. The fourth-order valence-corrected chi connectivity index (χ4v) is 1.85. The van der Waals surface area contributed by atoms with E-state index >= 15 is 0 Å². The molecule has 1 aliphatic heterocycles. The van der Waals surface area contributed by atoms with Gasteiger partial charge in [-0.05, 0) is 12.1 Å². The molecule has 0 aromatic carbocycles. The van der Waals surface area contributed by atoms with E-state index in [0.29, 0.717) is 13.2 Å². The SMILES string of the molecule is N#CC1(c2ncc3ccccn23)COC1. The van der Waals surface area contributed by atoms with Crippen LogP contribution in [0.4, 0.5) is 0 Å². The summed E-state index contributed by atoms with van der Waals surface area (Å²) in [6.45, 7) is 0.884. The van der Waals surface area contributed by atoms with Crippen LogP contribution in [0.3, 0.4) is 0 Å². The summed E-state index contributed by atoms with van der Waals surface area (Å²) in [4.78, 5) is 4.32. The van der Waals surface area contributed by atoms with Gasteiger partial charge in [-0.1, -0.05) is 6.07 Å². The zero-order chi connectivity index (χ0) is 10.3. The Morgan fingerprint density at radius 3 is 3.00 bits per heavy atom. The Labute approximate surface area is 86.7 Å². The van der Waals surface area contributed by atoms with Crippen molar-refractivity contribution < 1.29 is 4.74 Å². The highest BCUT2D eigenvalue weighted by atomic mass is 16.5. The molecule has 0 saturated carbocycles. The summed E-state index contributed by atoms with van der Waals surface area (Å²) < 4.78 is 7.08. The second kappa shape index (κ2) is 2.81. The summed E-state index contributed by atoms with van der Waals surface area (Å²) >= 11 is 0.